The molecule has 0 aliphatic carbocycles. The van der Waals surface area contributed by atoms with Crippen LogP contribution < -0.4 is 5.32 Å². The summed E-state index contributed by atoms with van der Waals surface area (Å²) in [5.41, 5.74) is 3.23. The molecule has 1 aliphatic rings. The zero-order chi connectivity index (χ0) is 10.4. The van der Waals surface area contributed by atoms with Gasteiger partial charge in [-0.15, -0.1) is 0 Å². The zero-order valence-corrected chi connectivity index (χ0v) is 10.0. The van der Waals surface area contributed by atoms with Crippen molar-refractivity contribution in [2.75, 3.05) is 6.54 Å². The second-order valence-corrected chi connectivity index (χ2v) is 4.66. The summed E-state index contributed by atoms with van der Waals surface area (Å²) in [6.07, 6.45) is 7.98. The molecule has 0 aromatic carbocycles. The van der Waals surface area contributed by atoms with E-state index in [-0.39, 0.29) is 0 Å². The Labute approximate surface area is 89.0 Å². The van der Waals surface area contributed by atoms with Crippen LogP contribution in [0.3, 0.4) is 0 Å². The number of hydrogen-bond acceptors (Lipinski definition) is 1. The molecule has 14 heavy (non-hydrogen) atoms. The average Bonchev–Trinajstić information content (AvgIpc) is 2.19. The average molecular weight is 195 g/mol. The van der Waals surface area contributed by atoms with Crippen LogP contribution in [0.5, 0.6) is 0 Å². The highest BCUT2D eigenvalue weighted by Crippen LogP contribution is 2.19. The molecule has 1 N–H and O–H groups in total. The molecule has 1 atom stereocenters. The van der Waals surface area contributed by atoms with Gasteiger partial charge in [-0.3, -0.25) is 0 Å². The van der Waals surface area contributed by atoms with Gasteiger partial charge in [0.15, 0.2) is 0 Å². The first-order chi connectivity index (χ1) is 6.74. The van der Waals surface area contributed by atoms with Crippen molar-refractivity contribution in [3.8, 4) is 0 Å². The summed E-state index contributed by atoms with van der Waals surface area (Å²) >= 11 is 0. The fourth-order valence-corrected chi connectivity index (χ4v) is 2.23. The van der Waals surface area contributed by atoms with Crippen LogP contribution in [0.2, 0.25) is 0 Å². The van der Waals surface area contributed by atoms with E-state index in [9.17, 15) is 0 Å². The van der Waals surface area contributed by atoms with Gasteiger partial charge < -0.3 is 5.32 Å². The first-order valence-electron chi connectivity index (χ1n) is 6.12. The molecule has 1 rings (SSSR count). The molecular formula is C13H25N. The molecule has 0 saturated carbocycles. The molecule has 1 unspecified atom stereocenters. The Morgan fingerprint density at radius 2 is 2.00 bits per heavy atom. The van der Waals surface area contributed by atoms with E-state index in [0.717, 1.165) is 6.04 Å². The second kappa shape index (κ2) is 6.23. The molecule has 0 aromatic rings. The Kier molecular flexibility index (Phi) is 5.24. The molecule has 1 fully saturated rings. The SMILES string of the molecule is CCCC(C)=C(C)CC1CCCCN1. The van der Waals surface area contributed by atoms with Gasteiger partial charge in [0.2, 0.25) is 0 Å². The molecule has 0 spiro atoms. The second-order valence-electron chi connectivity index (χ2n) is 4.66. The molecular weight excluding hydrogens is 170 g/mol. The minimum Gasteiger partial charge on any atom is -0.314 e. The number of hydrogen-bond donors (Lipinski definition) is 1. The summed E-state index contributed by atoms with van der Waals surface area (Å²) in [6, 6.07) is 0.760. The summed E-state index contributed by atoms with van der Waals surface area (Å²) in [7, 11) is 0. The highest BCUT2D eigenvalue weighted by molar-refractivity contribution is 5.11. The van der Waals surface area contributed by atoms with Gasteiger partial charge in [-0.25, -0.2) is 0 Å². The normalized spacial score (nSPS) is 24.6. The molecule has 1 heteroatoms. The lowest BCUT2D eigenvalue weighted by molar-refractivity contribution is 0.397. The van der Waals surface area contributed by atoms with Crippen LogP contribution in [0.1, 0.15) is 59.3 Å². The maximum absolute atomic E-state index is 3.61. The Hall–Kier alpha value is -0.300. The van der Waals surface area contributed by atoms with E-state index < -0.39 is 0 Å². The molecule has 0 amide bonds. The van der Waals surface area contributed by atoms with Crippen LogP contribution in [0.4, 0.5) is 0 Å². The van der Waals surface area contributed by atoms with Crippen LogP contribution in [-0.2, 0) is 0 Å². The molecule has 0 aromatic heterocycles. The maximum Gasteiger partial charge on any atom is 0.0104 e. The molecule has 1 nitrogen and oxygen atoms in total. The Morgan fingerprint density at radius 1 is 1.21 bits per heavy atom. The van der Waals surface area contributed by atoms with Gasteiger partial charge in [0.05, 0.1) is 0 Å². The predicted molar refractivity (Wildman–Crippen MR) is 63.5 cm³/mol. The van der Waals surface area contributed by atoms with Gasteiger partial charge in [-0.05, 0) is 46.1 Å². The Morgan fingerprint density at radius 3 is 2.57 bits per heavy atom. The number of allylic oxidation sites excluding steroid dienone is 1. The molecule has 1 heterocycles. The molecule has 82 valence electrons. The largest absolute Gasteiger partial charge is 0.314 e. The summed E-state index contributed by atoms with van der Waals surface area (Å²) in [5, 5.41) is 3.61. The fraction of sp³-hybridized carbons (Fsp3) is 0.846. The maximum atomic E-state index is 3.61. The molecule has 1 saturated heterocycles. The van der Waals surface area contributed by atoms with E-state index in [4.69, 9.17) is 0 Å². The van der Waals surface area contributed by atoms with Gasteiger partial charge in [-0.1, -0.05) is 30.9 Å². The monoisotopic (exact) mass is 195 g/mol. The van der Waals surface area contributed by atoms with Crippen molar-refractivity contribution in [2.24, 2.45) is 0 Å². The molecule has 0 bridgehead atoms. The minimum absolute atomic E-state index is 0.760. The third-order valence-electron chi connectivity index (χ3n) is 3.32. The highest BCUT2D eigenvalue weighted by atomic mass is 14.9. The van der Waals surface area contributed by atoms with Crippen LogP contribution >= 0.6 is 0 Å². The fourth-order valence-electron chi connectivity index (χ4n) is 2.23. The van der Waals surface area contributed by atoms with Crippen molar-refractivity contribution in [3.05, 3.63) is 11.1 Å². The van der Waals surface area contributed by atoms with Gasteiger partial charge >= 0.3 is 0 Å². The van der Waals surface area contributed by atoms with Crippen LogP contribution in [0.25, 0.3) is 0 Å². The third-order valence-corrected chi connectivity index (χ3v) is 3.32. The predicted octanol–water partition coefficient (Wildman–Crippen LogP) is 3.66. The summed E-state index contributed by atoms with van der Waals surface area (Å²) in [4.78, 5) is 0. The quantitative estimate of drug-likeness (QED) is 0.675. The highest BCUT2D eigenvalue weighted by Gasteiger charge is 2.13. The summed E-state index contributed by atoms with van der Waals surface area (Å²) in [5.74, 6) is 0. The Bertz CT molecular complexity index is 187. The van der Waals surface area contributed by atoms with E-state index >= 15 is 0 Å². The first kappa shape index (κ1) is 11.8. The lowest BCUT2D eigenvalue weighted by Crippen LogP contribution is -2.34. The molecule has 1 aliphatic heterocycles. The van der Waals surface area contributed by atoms with E-state index in [1.807, 2.05) is 0 Å². The van der Waals surface area contributed by atoms with Crippen LogP contribution in [0.15, 0.2) is 11.1 Å². The standard InChI is InChI=1S/C13H25N/c1-4-7-11(2)12(3)10-13-8-5-6-9-14-13/h13-14H,4-10H2,1-3H3. The van der Waals surface area contributed by atoms with Crippen molar-refractivity contribution < 1.29 is 0 Å². The number of piperidine rings is 1. The Balaban J connectivity index is 2.37. The van der Waals surface area contributed by atoms with Gasteiger partial charge in [0, 0.05) is 6.04 Å². The lowest BCUT2D eigenvalue weighted by atomic mass is 9.95. The smallest absolute Gasteiger partial charge is 0.0104 e. The van der Waals surface area contributed by atoms with Crippen molar-refractivity contribution in [3.63, 3.8) is 0 Å². The van der Waals surface area contributed by atoms with Gasteiger partial charge in [-0.2, -0.15) is 0 Å². The number of nitrogens with one attached hydrogen (secondary N) is 1. The summed E-state index contributed by atoms with van der Waals surface area (Å²) in [6.45, 7) is 8.09. The molecule has 0 radical (unpaired) electrons. The minimum atomic E-state index is 0.760. The van der Waals surface area contributed by atoms with E-state index in [0.29, 0.717) is 0 Å². The third kappa shape index (κ3) is 3.83. The zero-order valence-electron chi connectivity index (χ0n) is 10.0. The van der Waals surface area contributed by atoms with Crippen molar-refractivity contribution in [1.82, 2.24) is 5.32 Å². The number of rotatable bonds is 4. The van der Waals surface area contributed by atoms with E-state index in [1.165, 1.54) is 45.1 Å². The van der Waals surface area contributed by atoms with Crippen molar-refractivity contribution >= 4 is 0 Å². The van der Waals surface area contributed by atoms with Gasteiger partial charge in [0.25, 0.3) is 0 Å². The first-order valence-corrected chi connectivity index (χ1v) is 6.12. The van der Waals surface area contributed by atoms with Crippen LogP contribution in [0, 0.1) is 0 Å². The van der Waals surface area contributed by atoms with E-state index in [2.05, 4.69) is 26.1 Å². The van der Waals surface area contributed by atoms with Crippen molar-refractivity contribution in [1.29, 1.82) is 0 Å². The summed E-state index contributed by atoms with van der Waals surface area (Å²) < 4.78 is 0. The van der Waals surface area contributed by atoms with Crippen LogP contribution in [-0.4, -0.2) is 12.6 Å². The van der Waals surface area contributed by atoms with Crippen molar-refractivity contribution in [2.45, 2.75) is 65.3 Å². The van der Waals surface area contributed by atoms with Gasteiger partial charge in [0.1, 0.15) is 0 Å². The van der Waals surface area contributed by atoms with E-state index in [1.54, 1.807) is 11.1 Å². The topological polar surface area (TPSA) is 12.0 Å². The lowest BCUT2D eigenvalue weighted by Gasteiger charge is -2.24.